The Bertz CT molecular complexity index is 384. The van der Waals surface area contributed by atoms with E-state index in [4.69, 9.17) is 4.74 Å². The van der Waals surface area contributed by atoms with Crippen LogP contribution in [0.5, 0.6) is 0 Å². The molecule has 0 saturated heterocycles. The standard InChI is InChI=1S/C12H16FNO3/c1-14(7-11(15)8-17-2)12(16)9-4-3-5-10(13)6-9/h3-6,11,15H,7-8H2,1-2H3. The second-order valence-corrected chi connectivity index (χ2v) is 3.81. The van der Waals surface area contributed by atoms with E-state index < -0.39 is 11.9 Å². The van der Waals surface area contributed by atoms with Crippen molar-refractivity contribution in [1.29, 1.82) is 0 Å². The monoisotopic (exact) mass is 241 g/mol. The fourth-order valence-corrected chi connectivity index (χ4v) is 1.49. The van der Waals surface area contributed by atoms with E-state index in [-0.39, 0.29) is 24.6 Å². The Hall–Kier alpha value is -1.46. The number of amides is 1. The average molecular weight is 241 g/mol. The molecule has 5 heteroatoms. The Morgan fingerprint density at radius 2 is 2.29 bits per heavy atom. The predicted octanol–water partition coefficient (Wildman–Crippen LogP) is 0.905. The fourth-order valence-electron chi connectivity index (χ4n) is 1.49. The summed E-state index contributed by atoms with van der Waals surface area (Å²) in [4.78, 5) is 13.2. The first kappa shape index (κ1) is 13.6. The largest absolute Gasteiger partial charge is 0.389 e. The van der Waals surface area contributed by atoms with Crippen LogP contribution in [0.15, 0.2) is 24.3 Å². The zero-order valence-electron chi connectivity index (χ0n) is 9.89. The number of carbonyl (C=O) groups is 1. The Morgan fingerprint density at radius 1 is 1.59 bits per heavy atom. The molecule has 0 fully saturated rings. The van der Waals surface area contributed by atoms with Gasteiger partial charge in [-0.3, -0.25) is 4.79 Å². The van der Waals surface area contributed by atoms with Gasteiger partial charge in [0.2, 0.25) is 0 Å². The van der Waals surface area contributed by atoms with Gasteiger partial charge in [0.05, 0.1) is 12.7 Å². The van der Waals surface area contributed by atoms with Gasteiger partial charge < -0.3 is 14.7 Å². The normalized spacial score (nSPS) is 12.2. The number of benzene rings is 1. The van der Waals surface area contributed by atoms with Crippen LogP contribution in [0, 0.1) is 5.82 Å². The third kappa shape index (κ3) is 4.13. The van der Waals surface area contributed by atoms with Crippen LogP contribution in [0.3, 0.4) is 0 Å². The molecule has 1 atom stereocenters. The van der Waals surface area contributed by atoms with Crippen LogP contribution < -0.4 is 0 Å². The van der Waals surface area contributed by atoms with E-state index in [9.17, 15) is 14.3 Å². The molecule has 0 spiro atoms. The molecule has 0 heterocycles. The molecule has 1 unspecified atom stereocenters. The number of halogens is 1. The minimum absolute atomic E-state index is 0.142. The highest BCUT2D eigenvalue weighted by atomic mass is 19.1. The molecule has 1 rings (SSSR count). The average Bonchev–Trinajstić information content (AvgIpc) is 2.28. The van der Waals surface area contributed by atoms with Gasteiger partial charge >= 0.3 is 0 Å². The third-order valence-electron chi connectivity index (χ3n) is 2.26. The van der Waals surface area contributed by atoms with Gasteiger partial charge in [-0.25, -0.2) is 4.39 Å². The molecular formula is C12H16FNO3. The van der Waals surface area contributed by atoms with E-state index in [2.05, 4.69) is 0 Å². The molecule has 0 radical (unpaired) electrons. The van der Waals surface area contributed by atoms with Gasteiger partial charge in [0, 0.05) is 26.3 Å². The summed E-state index contributed by atoms with van der Waals surface area (Å²) in [7, 11) is 3.02. The molecule has 1 amide bonds. The zero-order valence-corrected chi connectivity index (χ0v) is 9.89. The smallest absolute Gasteiger partial charge is 0.253 e. The lowest BCUT2D eigenvalue weighted by Gasteiger charge is -2.20. The quantitative estimate of drug-likeness (QED) is 0.833. The number of ether oxygens (including phenoxy) is 1. The second kappa shape index (κ2) is 6.32. The second-order valence-electron chi connectivity index (χ2n) is 3.81. The number of rotatable bonds is 5. The van der Waals surface area contributed by atoms with E-state index >= 15 is 0 Å². The minimum atomic E-state index is -0.748. The number of carbonyl (C=O) groups excluding carboxylic acids is 1. The Labute approximate surface area is 99.6 Å². The van der Waals surface area contributed by atoms with Crippen LogP contribution in [0.2, 0.25) is 0 Å². The molecule has 0 aliphatic carbocycles. The summed E-state index contributed by atoms with van der Waals surface area (Å²) in [5.74, 6) is -0.790. The van der Waals surface area contributed by atoms with Gasteiger partial charge in [-0.15, -0.1) is 0 Å². The van der Waals surface area contributed by atoms with Crippen molar-refractivity contribution < 1.29 is 19.0 Å². The highest BCUT2D eigenvalue weighted by Crippen LogP contribution is 2.06. The molecule has 4 nitrogen and oxygen atoms in total. The van der Waals surface area contributed by atoms with Crippen molar-refractivity contribution in [3.8, 4) is 0 Å². The molecule has 94 valence electrons. The predicted molar refractivity (Wildman–Crippen MR) is 61.2 cm³/mol. The topological polar surface area (TPSA) is 49.8 Å². The van der Waals surface area contributed by atoms with Crippen LogP contribution in [0.25, 0.3) is 0 Å². The van der Waals surface area contributed by atoms with E-state index in [1.807, 2.05) is 0 Å². The molecule has 0 saturated carbocycles. The molecule has 1 aromatic rings. The Kier molecular flexibility index (Phi) is 5.06. The van der Waals surface area contributed by atoms with Crippen molar-refractivity contribution in [2.45, 2.75) is 6.10 Å². The SMILES string of the molecule is COCC(O)CN(C)C(=O)c1cccc(F)c1. The van der Waals surface area contributed by atoms with Crippen LogP contribution in [-0.4, -0.2) is 49.3 Å². The molecule has 0 aromatic heterocycles. The number of aliphatic hydroxyl groups is 1. The number of aliphatic hydroxyl groups excluding tert-OH is 1. The molecule has 0 bridgehead atoms. The number of hydrogen-bond donors (Lipinski definition) is 1. The lowest BCUT2D eigenvalue weighted by molar-refractivity contribution is 0.0380. The van der Waals surface area contributed by atoms with Crippen molar-refractivity contribution >= 4 is 5.91 Å². The summed E-state index contributed by atoms with van der Waals surface area (Å²) >= 11 is 0. The first-order chi connectivity index (χ1) is 8.04. The number of hydrogen-bond acceptors (Lipinski definition) is 3. The minimum Gasteiger partial charge on any atom is -0.389 e. The Balaban J connectivity index is 2.63. The maximum absolute atomic E-state index is 12.9. The Morgan fingerprint density at radius 3 is 2.88 bits per heavy atom. The van der Waals surface area contributed by atoms with Gasteiger partial charge in [0.1, 0.15) is 5.82 Å². The lowest BCUT2D eigenvalue weighted by atomic mass is 10.2. The van der Waals surface area contributed by atoms with Crippen LogP contribution >= 0.6 is 0 Å². The van der Waals surface area contributed by atoms with Crippen molar-refractivity contribution in [1.82, 2.24) is 4.90 Å². The van der Waals surface area contributed by atoms with E-state index in [0.29, 0.717) is 0 Å². The highest BCUT2D eigenvalue weighted by molar-refractivity contribution is 5.94. The first-order valence-electron chi connectivity index (χ1n) is 5.22. The van der Waals surface area contributed by atoms with Gasteiger partial charge in [-0.2, -0.15) is 0 Å². The van der Waals surface area contributed by atoms with Gasteiger partial charge in [-0.05, 0) is 18.2 Å². The molecule has 0 aliphatic rings. The van der Waals surface area contributed by atoms with Crippen molar-refractivity contribution in [2.24, 2.45) is 0 Å². The molecule has 17 heavy (non-hydrogen) atoms. The van der Waals surface area contributed by atoms with Gasteiger partial charge in [-0.1, -0.05) is 6.07 Å². The van der Waals surface area contributed by atoms with Crippen molar-refractivity contribution in [3.05, 3.63) is 35.6 Å². The lowest BCUT2D eigenvalue weighted by Crippen LogP contribution is -2.36. The number of methoxy groups -OCH3 is 1. The first-order valence-corrected chi connectivity index (χ1v) is 5.22. The molecule has 1 N–H and O–H groups in total. The van der Waals surface area contributed by atoms with Crippen LogP contribution in [0.1, 0.15) is 10.4 Å². The molecule has 0 aliphatic heterocycles. The van der Waals surface area contributed by atoms with E-state index in [1.54, 1.807) is 7.05 Å². The van der Waals surface area contributed by atoms with Crippen LogP contribution in [-0.2, 0) is 4.74 Å². The molecular weight excluding hydrogens is 225 g/mol. The summed E-state index contributed by atoms with van der Waals surface area (Å²) in [6.07, 6.45) is -0.748. The maximum Gasteiger partial charge on any atom is 0.253 e. The van der Waals surface area contributed by atoms with Crippen molar-refractivity contribution in [2.75, 3.05) is 27.3 Å². The summed E-state index contributed by atoms with van der Waals surface area (Å²) < 4.78 is 17.7. The summed E-state index contributed by atoms with van der Waals surface area (Å²) in [5.41, 5.74) is 0.261. The van der Waals surface area contributed by atoms with Gasteiger partial charge in [0.25, 0.3) is 5.91 Å². The highest BCUT2D eigenvalue weighted by Gasteiger charge is 2.15. The number of likely N-dealkylation sites (N-methyl/N-ethyl adjacent to an activating group) is 1. The van der Waals surface area contributed by atoms with Crippen LogP contribution in [0.4, 0.5) is 4.39 Å². The van der Waals surface area contributed by atoms with E-state index in [0.717, 1.165) is 0 Å². The summed E-state index contributed by atoms with van der Waals surface area (Å²) in [6, 6.07) is 5.45. The van der Waals surface area contributed by atoms with E-state index in [1.165, 1.54) is 36.3 Å². The fraction of sp³-hybridized carbons (Fsp3) is 0.417. The van der Waals surface area contributed by atoms with Crippen molar-refractivity contribution in [3.63, 3.8) is 0 Å². The third-order valence-corrected chi connectivity index (χ3v) is 2.26. The summed E-state index contributed by atoms with van der Waals surface area (Å²) in [6.45, 7) is 0.296. The maximum atomic E-state index is 12.9. The van der Waals surface area contributed by atoms with Gasteiger partial charge in [0.15, 0.2) is 0 Å². The zero-order chi connectivity index (χ0) is 12.8. The summed E-state index contributed by atoms with van der Waals surface area (Å²) in [5, 5.41) is 9.48. The number of nitrogens with zero attached hydrogens (tertiary/aromatic N) is 1. The molecule has 1 aromatic carbocycles.